The Morgan fingerprint density at radius 1 is 1.32 bits per heavy atom. The smallest absolute Gasteiger partial charge is 0.238 e. The van der Waals surface area contributed by atoms with E-state index in [2.05, 4.69) is 5.32 Å². The number of hydrogen-bond acceptors (Lipinski definition) is 4. The zero-order valence-electron chi connectivity index (χ0n) is 10.4. The fraction of sp³-hybridized carbons (Fsp3) is 0.500. The van der Waals surface area contributed by atoms with Gasteiger partial charge in [0.15, 0.2) is 0 Å². The molecule has 19 heavy (non-hydrogen) atoms. The molecule has 5 nitrogen and oxygen atoms in total. The molecule has 1 heterocycles. The molecule has 1 fully saturated rings. The Morgan fingerprint density at radius 3 is 2.84 bits per heavy atom. The summed E-state index contributed by atoms with van der Waals surface area (Å²) in [4.78, 5) is 0.0595. The fourth-order valence-electron chi connectivity index (χ4n) is 2.06. The summed E-state index contributed by atoms with van der Waals surface area (Å²) < 4.78 is 28.0. The van der Waals surface area contributed by atoms with Gasteiger partial charge in [0.05, 0.1) is 15.6 Å². The van der Waals surface area contributed by atoms with Gasteiger partial charge in [0.25, 0.3) is 0 Å². The van der Waals surface area contributed by atoms with Gasteiger partial charge in [0.1, 0.15) is 0 Å². The molecule has 106 valence electrons. The van der Waals surface area contributed by atoms with Crippen LogP contribution in [0.2, 0.25) is 5.02 Å². The van der Waals surface area contributed by atoms with E-state index in [0.29, 0.717) is 17.3 Å². The number of anilines is 1. The molecule has 1 saturated heterocycles. The van der Waals surface area contributed by atoms with Crippen molar-refractivity contribution >= 4 is 27.3 Å². The minimum atomic E-state index is -3.71. The van der Waals surface area contributed by atoms with Gasteiger partial charge in [0.2, 0.25) is 10.0 Å². The number of benzene rings is 1. The molecule has 1 atom stereocenters. The van der Waals surface area contributed by atoms with Gasteiger partial charge in [-0.05, 0) is 37.5 Å². The molecule has 2 rings (SSSR count). The van der Waals surface area contributed by atoms with Crippen LogP contribution in [0.3, 0.4) is 0 Å². The van der Waals surface area contributed by atoms with Gasteiger partial charge >= 0.3 is 0 Å². The zero-order valence-corrected chi connectivity index (χ0v) is 12.0. The second-order valence-corrected chi connectivity index (χ2v) is 6.54. The molecule has 0 aliphatic carbocycles. The number of rotatable bonds is 3. The van der Waals surface area contributed by atoms with Crippen molar-refractivity contribution in [2.24, 2.45) is 5.14 Å². The fourth-order valence-corrected chi connectivity index (χ4v) is 2.77. The molecule has 1 unspecified atom stereocenters. The van der Waals surface area contributed by atoms with Gasteiger partial charge in [-0.15, -0.1) is 0 Å². The highest BCUT2D eigenvalue weighted by molar-refractivity contribution is 7.89. The van der Waals surface area contributed by atoms with E-state index in [1.54, 1.807) is 0 Å². The molecule has 0 bridgehead atoms. The van der Waals surface area contributed by atoms with Crippen molar-refractivity contribution in [2.45, 2.75) is 30.2 Å². The zero-order chi connectivity index (χ0) is 13.9. The third-order valence-electron chi connectivity index (χ3n) is 3.08. The number of hydrogen-bond donors (Lipinski definition) is 2. The number of primary sulfonamides is 1. The summed E-state index contributed by atoms with van der Waals surface area (Å²) in [5.74, 6) is 0. The average molecular weight is 305 g/mol. The Bertz CT molecular complexity index is 540. The first kappa shape index (κ1) is 14.6. The summed E-state index contributed by atoms with van der Waals surface area (Å²) in [7, 11) is -3.71. The summed E-state index contributed by atoms with van der Waals surface area (Å²) in [6, 6.07) is 4.65. The minimum Gasteiger partial charge on any atom is -0.381 e. The van der Waals surface area contributed by atoms with E-state index in [0.717, 1.165) is 25.9 Å². The molecule has 3 N–H and O–H groups in total. The molecule has 0 spiro atoms. The van der Waals surface area contributed by atoms with Crippen molar-refractivity contribution < 1.29 is 13.2 Å². The molecule has 1 aliphatic heterocycles. The third kappa shape index (κ3) is 4.07. The van der Waals surface area contributed by atoms with E-state index < -0.39 is 10.0 Å². The SMILES string of the molecule is NS(=O)(=O)c1ccc(Cl)c(NC2CCCOCC2)c1. The maximum absolute atomic E-state index is 11.3. The lowest BCUT2D eigenvalue weighted by molar-refractivity contribution is 0.144. The van der Waals surface area contributed by atoms with Gasteiger partial charge < -0.3 is 10.1 Å². The Kier molecular flexibility index (Phi) is 4.67. The number of ether oxygens (including phenoxy) is 1. The van der Waals surface area contributed by atoms with E-state index in [1.807, 2.05) is 0 Å². The first-order chi connectivity index (χ1) is 8.97. The standard InChI is InChI=1S/C12H17ClN2O3S/c13-11-4-3-10(19(14,16)17)8-12(11)15-9-2-1-6-18-7-5-9/h3-4,8-9,15H,1-2,5-7H2,(H2,14,16,17). The molecule has 0 aromatic heterocycles. The molecule has 7 heteroatoms. The van der Waals surface area contributed by atoms with Crippen LogP contribution in [0.5, 0.6) is 0 Å². The maximum Gasteiger partial charge on any atom is 0.238 e. The first-order valence-corrected chi connectivity index (χ1v) is 8.06. The van der Waals surface area contributed by atoms with Crippen LogP contribution < -0.4 is 10.5 Å². The Hall–Kier alpha value is -0.820. The summed E-state index contributed by atoms with van der Waals surface area (Å²) in [5.41, 5.74) is 0.597. The highest BCUT2D eigenvalue weighted by atomic mass is 35.5. The van der Waals surface area contributed by atoms with Crippen LogP contribution in [0, 0.1) is 0 Å². The largest absolute Gasteiger partial charge is 0.381 e. The Morgan fingerprint density at radius 2 is 2.11 bits per heavy atom. The second kappa shape index (κ2) is 6.09. The number of nitrogens with two attached hydrogens (primary N) is 1. The molecule has 1 aliphatic rings. The highest BCUT2D eigenvalue weighted by Crippen LogP contribution is 2.27. The lowest BCUT2D eigenvalue weighted by atomic mass is 10.1. The van der Waals surface area contributed by atoms with E-state index in [-0.39, 0.29) is 10.9 Å². The van der Waals surface area contributed by atoms with Crippen molar-refractivity contribution in [1.82, 2.24) is 0 Å². The maximum atomic E-state index is 11.3. The van der Waals surface area contributed by atoms with Crippen LogP contribution in [-0.4, -0.2) is 27.7 Å². The quantitative estimate of drug-likeness (QED) is 0.894. The van der Waals surface area contributed by atoms with Crippen LogP contribution in [0.4, 0.5) is 5.69 Å². The molecule has 0 radical (unpaired) electrons. The predicted molar refractivity (Wildman–Crippen MR) is 74.9 cm³/mol. The summed E-state index contributed by atoms with van der Waals surface area (Å²) in [6.07, 6.45) is 2.82. The monoisotopic (exact) mass is 304 g/mol. The molecule has 0 amide bonds. The van der Waals surface area contributed by atoms with Crippen molar-refractivity contribution in [1.29, 1.82) is 0 Å². The van der Waals surface area contributed by atoms with Gasteiger partial charge in [-0.2, -0.15) is 0 Å². The van der Waals surface area contributed by atoms with Gasteiger partial charge in [-0.1, -0.05) is 11.6 Å². The second-order valence-electron chi connectivity index (χ2n) is 4.57. The average Bonchev–Trinajstić information content (AvgIpc) is 2.59. The lowest BCUT2D eigenvalue weighted by Crippen LogP contribution is -2.20. The van der Waals surface area contributed by atoms with E-state index in [1.165, 1.54) is 18.2 Å². The van der Waals surface area contributed by atoms with Crippen molar-refractivity contribution in [3.63, 3.8) is 0 Å². The lowest BCUT2D eigenvalue weighted by Gasteiger charge is -2.18. The van der Waals surface area contributed by atoms with Crippen LogP contribution in [0.1, 0.15) is 19.3 Å². The van der Waals surface area contributed by atoms with Gasteiger partial charge in [-0.25, -0.2) is 13.6 Å². The summed E-state index contributed by atoms with van der Waals surface area (Å²) in [6.45, 7) is 1.47. The normalized spacial score (nSPS) is 20.8. The van der Waals surface area contributed by atoms with E-state index in [4.69, 9.17) is 21.5 Å². The minimum absolute atomic E-state index is 0.0595. The van der Waals surface area contributed by atoms with Gasteiger partial charge in [-0.3, -0.25) is 0 Å². The molecular weight excluding hydrogens is 288 g/mol. The van der Waals surface area contributed by atoms with Crippen LogP contribution >= 0.6 is 11.6 Å². The third-order valence-corrected chi connectivity index (χ3v) is 4.32. The van der Waals surface area contributed by atoms with E-state index in [9.17, 15) is 8.42 Å². The van der Waals surface area contributed by atoms with E-state index >= 15 is 0 Å². The Labute approximate surface area is 118 Å². The van der Waals surface area contributed by atoms with Gasteiger partial charge in [0, 0.05) is 19.3 Å². The molecule has 1 aromatic carbocycles. The van der Waals surface area contributed by atoms with Crippen LogP contribution in [0.15, 0.2) is 23.1 Å². The molecule has 0 saturated carbocycles. The summed E-state index contributed by atoms with van der Waals surface area (Å²) >= 11 is 6.08. The first-order valence-electron chi connectivity index (χ1n) is 6.13. The van der Waals surface area contributed by atoms with Crippen LogP contribution in [-0.2, 0) is 14.8 Å². The van der Waals surface area contributed by atoms with Crippen LogP contribution in [0.25, 0.3) is 0 Å². The topological polar surface area (TPSA) is 81.4 Å². The number of sulfonamides is 1. The molecule has 1 aromatic rings. The molecular formula is C12H17ClN2O3S. The van der Waals surface area contributed by atoms with Crippen molar-refractivity contribution in [3.8, 4) is 0 Å². The summed E-state index contributed by atoms with van der Waals surface area (Å²) in [5, 5.41) is 8.87. The van der Waals surface area contributed by atoms with Crippen molar-refractivity contribution in [3.05, 3.63) is 23.2 Å². The van der Waals surface area contributed by atoms with Crippen molar-refractivity contribution in [2.75, 3.05) is 18.5 Å². The predicted octanol–water partition coefficient (Wildman–Crippen LogP) is 1.97. The number of halogens is 1. The Balaban J connectivity index is 2.19. The number of nitrogens with one attached hydrogen (secondary N) is 1. The highest BCUT2D eigenvalue weighted by Gasteiger charge is 2.15.